The first-order chi connectivity index (χ1) is 24.3. The van der Waals surface area contributed by atoms with Crippen LogP contribution in [0.4, 0.5) is 9.59 Å². The minimum absolute atomic E-state index is 0.00326. The van der Waals surface area contributed by atoms with Gasteiger partial charge in [-0.05, 0) is 113 Å². The third kappa shape index (κ3) is 8.10. The summed E-state index contributed by atoms with van der Waals surface area (Å²) in [6.45, 7) is 16.7. The SMILES string of the molecule is CC(OC(=O)CC(OC(=O)OC(C)(C)C)C(=O)OC1=CC[C@@]2(O)[C@H]3Cc4ccc(OC(=O)OC(C)(C)C)c5c4[C@@]2(CCN3C)[C@H]1O5)C(=O)OC(C)(C)C. The van der Waals surface area contributed by atoms with E-state index in [0.29, 0.717) is 24.9 Å². The van der Waals surface area contributed by atoms with Gasteiger partial charge in [0.05, 0.1) is 17.4 Å². The molecule has 0 radical (unpaired) electrons. The number of hydrogen-bond acceptors (Lipinski definition) is 15. The molecule has 2 aliphatic heterocycles. The predicted octanol–water partition coefficient (Wildman–Crippen LogP) is 4.81. The molecule has 15 nitrogen and oxygen atoms in total. The van der Waals surface area contributed by atoms with E-state index >= 15 is 0 Å². The van der Waals surface area contributed by atoms with Crippen LogP contribution in [0.5, 0.6) is 11.5 Å². The second kappa shape index (κ2) is 13.8. The van der Waals surface area contributed by atoms with Gasteiger partial charge in [-0.2, -0.15) is 0 Å². The van der Waals surface area contributed by atoms with Crippen molar-refractivity contribution in [2.75, 3.05) is 13.6 Å². The molecule has 1 N–H and O–H groups in total. The molecule has 0 aromatic heterocycles. The van der Waals surface area contributed by atoms with E-state index in [2.05, 4.69) is 4.90 Å². The van der Waals surface area contributed by atoms with E-state index in [0.717, 1.165) is 5.56 Å². The molecule has 2 bridgehead atoms. The fourth-order valence-corrected chi connectivity index (χ4v) is 7.44. The van der Waals surface area contributed by atoms with Crippen LogP contribution in [-0.2, 0) is 54.6 Å². The lowest BCUT2D eigenvalue weighted by molar-refractivity contribution is -0.178. The molecule has 1 aromatic rings. The fourth-order valence-electron chi connectivity index (χ4n) is 7.44. The van der Waals surface area contributed by atoms with Gasteiger partial charge >= 0.3 is 30.2 Å². The second-order valence-electron chi connectivity index (χ2n) is 17.0. The highest BCUT2D eigenvalue weighted by Crippen LogP contribution is 2.65. The Kier molecular flexibility index (Phi) is 10.4. The third-order valence-electron chi connectivity index (χ3n) is 9.43. The van der Waals surface area contributed by atoms with Gasteiger partial charge in [-0.25, -0.2) is 19.2 Å². The number of likely N-dealkylation sites (tertiary alicyclic amines) is 1. The van der Waals surface area contributed by atoms with Crippen LogP contribution in [0, 0.1) is 0 Å². The first-order valence-corrected chi connectivity index (χ1v) is 17.7. The first kappa shape index (κ1) is 39.8. The minimum atomic E-state index is -1.87. The number of piperidine rings is 1. The lowest BCUT2D eigenvalue weighted by Crippen LogP contribution is -2.74. The molecule has 4 aliphatic rings. The van der Waals surface area contributed by atoms with Crippen LogP contribution in [0.15, 0.2) is 24.0 Å². The average molecular weight is 746 g/mol. The molecule has 53 heavy (non-hydrogen) atoms. The van der Waals surface area contributed by atoms with E-state index in [4.69, 9.17) is 37.9 Å². The Bertz CT molecular complexity index is 1700. The Hall–Kier alpha value is -4.37. The number of likely N-dealkylation sites (N-methyl/N-ethyl adjacent to an activating group) is 1. The number of benzene rings is 1. The third-order valence-corrected chi connectivity index (χ3v) is 9.43. The summed E-state index contributed by atoms with van der Waals surface area (Å²) < 4.78 is 44.5. The smallest absolute Gasteiger partial charge is 0.477 e. The number of carbonyl (C=O) groups is 5. The molecule has 1 fully saturated rings. The van der Waals surface area contributed by atoms with Crippen molar-refractivity contribution in [1.29, 1.82) is 0 Å². The molecule has 5 rings (SSSR count). The maximum Gasteiger partial charge on any atom is 0.514 e. The van der Waals surface area contributed by atoms with Crippen LogP contribution in [0.2, 0.25) is 0 Å². The normalized spacial score (nSPS) is 25.7. The van der Waals surface area contributed by atoms with Crippen molar-refractivity contribution in [1.82, 2.24) is 4.90 Å². The number of nitrogens with zero attached hydrogens (tertiary/aromatic N) is 1. The van der Waals surface area contributed by atoms with E-state index in [1.165, 1.54) is 6.92 Å². The minimum Gasteiger partial charge on any atom is -0.477 e. The Balaban J connectivity index is 1.45. The van der Waals surface area contributed by atoms with E-state index < -0.39 is 82.8 Å². The molecule has 0 amide bonds. The molecular formula is C38H51NO14. The zero-order valence-corrected chi connectivity index (χ0v) is 32.3. The van der Waals surface area contributed by atoms with E-state index in [-0.39, 0.29) is 29.7 Å². The monoisotopic (exact) mass is 745 g/mol. The van der Waals surface area contributed by atoms with Crippen molar-refractivity contribution in [3.8, 4) is 11.5 Å². The number of aliphatic hydroxyl groups is 1. The number of esters is 3. The van der Waals surface area contributed by atoms with Gasteiger partial charge in [-0.1, -0.05) is 6.07 Å². The number of rotatable bonds is 8. The van der Waals surface area contributed by atoms with Crippen LogP contribution in [-0.4, -0.2) is 101 Å². The summed E-state index contributed by atoms with van der Waals surface area (Å²) in [4.78, 5) is 67.1. The molecule has 292 valence electrons. The zero-order valence-electron chi connectivity index (χ0n) is 32.3. The standard InChI is InChI=1S/C38H51NO14/c1-20(30(41)51-34(2,3)4)46-26(40)19-24(49-33(44)53-36(8,9)10)31(42)47-23-14-15-38(45)25-18-21-12-13-22(48-32(43)52-35(5,6)7)28-27(21)37(38,29(23)50-28)16-17-39(25)11/h12-14,20,24-25,29,45H,15-19H2,1-11H3/t20?,24?,25-,29+,37+,38-/m1/s1. The van der Waals surface area contributed by atoms with Gasteiger partial charge in [-0.3, -0.25) is 4.79 Å². The van der Waals surface area contributed by atoms with Crippen molar-refractivity contribution in [2.24, 2.45) is 0 Å². The quantitative estimate of drug-likeness (QED) is 0.217. The summed E-state index contributed by atoms with van der Waals surface area (Å²) in [6, 6.07) is 3.11. The predicted molar refractivity (Wildman–Crippen MR) is 185 cm³/mol. The molecule has 2 heterocycles. The summed E-state index contributed by atoms with van der Waals surface area (Å²) in [7, 11) is 1.94. The Morgan fingerprint density at radius 1 is 0.887 bits per heavy atom. The average Bonchev–Trinajstić information content (AvgIpc) is 3.34. The lowest BCUT2D eigenvalue weighted by Gasteiger charge is -2.61. The van der Waals surface area contributed by atoms with Crippen LogP contribution >= 0.6 is 0 Å². The second-order valence-corrected chi connectivity index (χ2v) is 17.0. The van der Waals surface area contributed by atoms with Gasteiger partial charge in [0.25, 0.3) is 0 Å². The van der Waals surface area contributed by atoms with Gasteiger partial charge in [0.15, 0.2) is 23.7 Å². The topological polar surface area (TPSA) is 183 Å². The van der Waals surface area contributed by atoms with Gasteiger partial charge in [0, 0.05) is 18.0 Å². The van der Waals surface area contributed by atoms with E-state index in [1.807, 2.05) is 13.1 Å². The highest BCUT2D eigenvalue weighted by Gasteiger charge is 2.72. The van der Waals surface area contributed by atoms with Gasteiger partial charge in [-0.15, -0.1) is 0 Å². The van der Waals surface area contributed by atoms with Crippen molar-refractivity contribution in [3.63, 3.8) is 0 Å². The summed E-state index contributed by atoms with van der Waals surface area (Å²) in [5, 5.41) is 12.6. The maximum atomic E-state index is 13.9. The summed E-state index contributed by atoms with van der Waals surface area (Å²) in [5.74, 6) is -2.74. The Labute approximate surface area is 309 Å². The summed E-state index contributed by atoms with van der Waals surface area (Å²) in [5.41, 5.74) is -3.66. The van der Waals surface area contributed by atoms with Crippen LogP contribution in [0.25, 0.3) is 0 Å². The maximum absolute atomic E-state index is 13.9. The van der Waals surface area contributed by atoms with Crippen molar-refractivity contribution >= 4 is 30.2 Å². The Morgan fingerprint density at radius 2 is 1.51 bits per heavy atom. The summed E-state index contributed by atoms with van der Waals surface area (Å²) in [6.07, 6.45) is -4.83. The lowest BCUT2D eigenvalue weighted by atomic mass is 9.50. The molecule has 2 unspecified atom stereocenters. The molecule has 1 aromatic carbocycles. The van der Waals surface area contributed by atoms with Crippen LogP contribution in [0.1, 0.15) is 99.6 Å². The van der Waals surface area contributed by atoms with Crippen molar-refractivity contribution in [3.05, 3.63) is 35.1 Å². The van der Waals surface area contributed by atoms with Gasteiger partial charge < -0.3 is 47.9 Å². The summed E-state index contributed by atoms with van der Waals surface area (Å²) >= 11 is 0. The highest BCUT2D eigenvalue weighted by molar-refractivity contribution is 5.86. The van der Waals surface area contributed by atoms with Crippen LogP contribution < -0.4 is 9.47 Å². The largest absolute Gasteiger partial charge is 0.514 e. The molecule has 1 saturated heterocycles. The van der Waals surface area contributed by atoms with Crippen LogP contribution in [0.3, 0.4) is 0 Å². The Morgan fingerprint density at radius 3 is 2.13 bits per heavy atom. The zero-order chi connectivity index (χ0) is 39.5. The molecule has 6 atom stereocenters. The van der Waals surface area contributed by atoms with Gasteiger partial charge in [0.2, 0.25) is 6.10 Å². The molecule has 1 spiro atoms. The van der Waals surface area contributed by atoms with Crippen molar-refractivity contribution < 1.29 is 67.0 Å². The number of ether oxygens (including phenoxy) is 8. The van der Waals surface area contributed by atoms with Crippen molar-refractivity contribution in [2.45, 2.75) is 147 Å². The number of carbonyl (C=O) groups excluding carboxylic acids is 5. The fraction of sp³-hybridized carbons (Fsp3) is 0.658. The van der Waals surface area contributed by atoms with Gasteiger partial charge in [0.1, 0.15) is 22.6 Å². The number of hydrogen-bond donors (Lipinski definition) is 1. The molecule has 2 aliphatic carbocycles. The molecule has 0 saturated carbocycles. The van der Waals surface area contributed by atoms with E-state index in [1.54, 1.807) is 74.5 Å². The molecular weight excluding hydrogens is 694 g/mol. The van der Waals surface area contributed by atoms with E-state index in [9.17, 15) is 29.1 Å². The highest BCUT2D eigenvalue weighted by atomic mass is 16.7. The molecule has 15 heteroatoms. The first-order valence-electron chi connectivity index (χ1n) is 17.7.